The molecule has 0 radical (unpaired) electrons. The third kappa shape index (κ3) is 1.74. The highest BCUT2D eigenvalue weighted by molar-refractivity contribution is 5.85. The van der Waals surface area contributed by atoms with Crippen molar-refractivity contribution in [1.82, 2.24) is 4.98 Å². The molecular weight excluding hydrogens is 182 g/mol. The van der Waals surface area contributed by atoms with Crippen molar-refractivity contribution < 1.29 is 0 Å². The van der Waals surface area contributed by atoms with Crippen molar-refractivity contribution in [3.63, 3.8) is 0 Å². The van der Waals surface area contributed by atoms with Gasteiger partial charge in [-0.15, -0.1) is 0 Å². The molecule has 1 aromatic heterocycles. The van der Waals surface area contributed by atoms with Crippen LogP contribution in [0.25, 0.3) is 10.8 Å². The van der Waals surface area contributed by atoms with E-state index in [-0.39, 0.29) is 5.41 Å². The van der Waals surface area contributed by atoms with Gasteiger partial charge in [0.1, 0.15) is 0 Å². The summed E-state index contributed by atoms with van der Waals surface area (Å²) in [6.07, 6.45) is 5.07. The van der Waals surface area contributed by atoms with E-state index < -0.39 is 0 Å². The molecule has 78 valence electrons. The molecule has 0 spiro atoms. The smallest absolute Gasteiger partial charge is 0.0346 e. The average Bonchev–Trinajstić information content (AvgIpc) is 2.28. The molecule has 0 atom stereocenters. The third-order valence-corrected chi connectivity index (χ3v) is 3.28. The average molecular weight is 199 g/mol. The van der Waals surface area contributed by atoms with Crippen molar-refractivity contribution in [3.05, 3.63) is 42.2 Å². The lowest BCUT2D eigenvalue weighted by atomic mass is 9.81. The fourth-order valence-electron chi connectivity index (χ4n) is 1.85. The quantitative estimate of drug-likeness (QED) is 0.714. The zero-order valence-corrected chi connectivity index (χ0v) is 9.62. The molecule has 1 aromatic carbocycles. The Hall–Kier alpha value is -1.37. The number of hydrogen-bond acceptors (Lipinski definition) is 1. The largest absolute Gasteiger partial charge is 0.264 e. The van der Waals surface area contributed by atoms with Gasteiger partial charge in [0, 0.05) is 17.8 Å². The van der Waals surface area contributed by atoms with E-state index in [2.05, 4.69) is 50.0 Å². The Labute approximate surface area is 91.2 Å². The van der Waals surface area contributed by atoms with Gasteiger partial charge in [-0.05, 0) is 22.8 Å². The van der Waals surface area contributed by atoms with E-state index in [9.17, 15) is 0 Å². The monoisotopic (exact) mass is 199 g/mol. The molecule has 1 heteroatoms. The van der Waals surface area contributed by atoms with Gasteiger partial charge in [0.25, 0.3) is 0 Å². The summed E-state index contributed by atoms with van der Waals surface area (Å²) in [5.41, 5.74) is 1.55. The molecule has 0 unspecified atom stereocenters. The van der Waals surface area contributed by atoms with Gasteiger partial charge in [0.05, 0.1) is 0 Å². The third-order valence-electron chi connectivity index (χ3n) is 3.28. The van der Waals surface area contributed by atoms with Crippen LogP contribution in [0.15, 0.2) is 36.7 Å². The van der Waals surface area contributed by atoms with Crippen molar-refractivity contribution in [1.29, 1.82) is 0 Å². The lowest BCUT2D eigenvalue weighted by Gasteiger charge is -2.24. The Bertz CT molecular complexity index is 466. The van der Waals surface area contributed by atoms with Crippen molar-refractivity contribution in [2.24, 2.45) is 0 Å². The number of benzene rings is 1. The number of hydrogen-bond donors (Lipinski definition) is 0. The SMILES string of the molecule is CCC(C)(C)c1cncc2ccccc12. The first-order valence-corrected chi connectivity index (χ1v) is 5.48. The first-order valence-electron chi connectivity index (χ1n) is 5.48. The highest BCUT2D eigenvalue weighted by Crippen LogP contribution is 2.31. The van der Waals surface area contributed by atoms with Crippen molar-refractivity contribution in [2.75, 3.05) is 0 Å². The van der Waals surface area contributed by atoms with E-state index in [4.69, 9.17) is 0 Å². The van der Waals surface area contributed by atoms with Gasteiger partial charge in [0.15, 0.2) is 0 Å². The lowest BCUT2D eigenvalue weighted by Crippen LogP contribution is -2.16. The molecule has 0 bridgehead atoms. The van der Waals surface area contributed by atoms with Crippen LogP contribution in [0, 0.1) is 0 Å². The summed E-state index contributed by atoms with van der Waals surface area (Å²) in [5.74, 6) is 0. The number of nitrogens with zero attached hydrogens (tertiary/aromatic N) is 1. The van der Waals surface area contributed by atoms with Crippen molar-refractivity contribution in [3.8, 4) is 0 Å². The Kier molecular flexibility index (Phi) is 2.47. The van der Waals surface area contributed by atoms with Gasteiger partial charge in [-0.1, -0.05) is 45.0 Å². The van der Waals surface area contributed by atoms with E-state index in [1.807, 2.05) is 12.4 Å². The van der Waals surface area contributed by atoms with Crippen LogP contribution in [0.4, 0.5) is 0 Å². The second-order valence-corrected chi connectivity index (χ2v) is 4.65. The summed E-state index contributed by atoms with van der Waals surface area (Å²) < 4.78 is 0. The fourth-order valence-corrected chi connectivity index (χ4v) is 1.85. The molecule has 0 aliphatic carbocycles. The molecule has 0 saturated carbocycles. The molecule has 0 aliphatic heterocycles. The standard InChI is InChI=1S/C14H17N/c1-4-14(2,3)13-10-15-9-11-7-5-6-8-12(11)13/h5-10H,4H2,1-3H3. The Morgan fingerprint density at radius 1 is 1.13 bits per heavy atom. The summed E-state index contributed by atoms with van der Waals surface area (Å²) in [7, 11) is 0. The predicted octanol–water partition coefficient (Wildman–Crippen LogP) is 3.92. The van der Waals surface area contributed by atoms with Gasteiger partial charge in [0.2, 0.25) is 0 Å². The molecule has 0 fully saturated rings. The summed E-state index contributed by atoms with van der Waals surface area (Å²) in [6, 6.07) is 8.46. The van der Waals surface area contributed by atoms with E-state index >= 15 is 0 Å². The normalized spacial score (nSPS) is 11.9. The van der Waals surface area contributed by atoms with Gasteiger partial charge >= 0.3 is 0 Å². The van der Waals surface area contributed by atoms with Crippen LogP contribution >= 0.6 is 0 Å². The summed E-state index contributed by atoms with van der Waals surface area (Å²) in [6.45, 7) is 6.77. The first kappa shape index (κ1) is 10.2. The van der Waals surface area contributed by atoms with E-state index in [1.54, 1.807) is 0 Å². The van der Waals surface area contributed by atoms with Crippen LogP contribution in [0.3, 0.4) is 0 Å². The molecule has 0 amide bonds. The van der Waals surface area contributed by atoms with Crippen LogP contribution in [-0.4, -0.2) is 4.98 Å². The molecule has 2 rings (SSSR count). The summed E-state index contributed by atoms with van der Waals surface area (Å²) in [5, 5.41) is 2.57. The van der Waals surface area contributed by atoms with Gasteiger partial charge in [-0.25, -0.2) is 0 Å². The number of fused-ring (bicyclic) bond motifs is 1. The van der Waals surface area contributed by atoms with Crippen LogP contribution in [0.1, 0.15) is 32.8 Å². The number of aromatic nitrogens is 1. The maximum atomic E-state index is 4.33. The lowest BCUT2D eigenvalue weighted by molar-refractivity contribution is 0.509. The second kappa shape index (κ2) is 3.65. The fraction of sp³-hybridized carbons (Fsp3) is 0.357. The van der Waals surface area contributed by atoms with Gasteiger partial charge < -0.3 is 0 Å². The summed E-state index contributed by atoms with van der Waals surface area (Å²) >= 11 is 0. The molecule has 1 nitrogen and oxygen atoms in total. The van der Waals surface area contributed by atoms with Crippen LogP contribution in [0.5, 0.6) is 0 Å². The van der Waals surface area contributed by atoms with Crippen LogP contribution < -0.4 is 0 Å². The maximum Gasteiger partial charge on any atom is 0.0346 e. The van der Waals surface area contributed by atoms with E-state index in [0.717, 1.165) is 6.42 Å². The molecule has 15 heavy (non-hydrogen) atoms. The summed E-state index contributed by atoms with van der Waals surface area (Å²) in [4.78, 5) is 4.33. The highest BCUT2D eigenvalue weighted by Gasteiger charge is 2.20. The first-order chi connectivity index (χ1) is 7.15. The molecule has 1 heterocycles. The zero-order valence-electron chi connectivity index (χ0n) is 9.62. The maximum absolute atomic E-state index is 4.33. The minimum absolute atomic E-state index is 0.202. The second-order valence-electron chi connectivity index (χ2n) is 4.65. The number of pyridine rings is 1. The minimum atomic E-state index is 0.202. The molecule has 0 N–H and O–H groups in total. The van der Waals surface area contributed by atoms with Crippen LogP contribution in [0.2, 0.25) is 0 Å². The van der Waals surface area contributed by atoms with E-state index in [0.29, 0.717) is 0 Å². The predicted molar refractivity (Wildman–Crippen MR) is 65.1 cm³/mol. The molecule has 0 saturated heterocycles. The van der Waals surface area contributed by atoms with Gasteiger partial charge in [-0.2, -0.15) is 0 Å². The van der Waals surface area contributed by atoms with Crippen molar-refractivity contribution >= 4 is 10.8 Å². The molecule has 2 aromatic rings. The van der Waals surface area contributed by atoms with Crippen molar-refractivity contribution in [2.45, 2.75) is 32.6 Å². The molecular formula is C14H17N. The highest BCUT2D eigenvalue weighted by atomic mass is 14.6. The van der Waals surface area contributed by atoms with E-state index in [1.165, 1.54) is 16.3 Å². The topological polar surface area (TPSA) is 12.9 Å². The van der Waals surface area contributed by atoms with Gasteiger partial charge in [-0.3, -0.25) is 4.98 Å². The Balaban J connectivity index is 2.71. The molecule has 0 aliphatic rings. The Morgan fingerprint density at radius 3 is 2.60 bits per heavy atom. The number of rotatable bonds is 2. The zero-order chi connectivity index (χ0) is 10.9. The van der Waals surface area contributed by atoms with Crippen LogP contribution in [-0.2, 0) is 5.41 Å². The Morgan fingerprint density at radius 2 is 1.87 bits per heavy atom. The minimum Gasteiger partial charge on any atom is -0.264 e.